The molecule has 35 heavy (non-hydrogen) atoms. The molecule has 4 rings (SSSR count). The summed E-state index contributed by atoms with van der Waals surface area (Å²) in [5.41, 5.74) is 2.87. The molecule has 10 heteroatoms. The Hall–Kier alpha value is -3.58. The van der Waals surface area contributed by atoms with Crippen LogP contribution in [0.1, 0.15) is 59.0 Å². The van der Waals surface area contributed by atoms with Crippen molar-refractivity contribution in [2.45, 2.75) is 50.7 Å². The molecule has 0 spiro atoms. The third kappa shape index (κ3) is 4.82. The lowest BCUT2D eigenvalue weighted by Gasteiger charge is -2.19. The predicted molar refractivity (Wildman–Crippen MR) is 130 cm³/mol. The van der Waals surface area contributed by atoms with Crippen LogP contribution in [0.4, 0.5) is 10.2 Å². The SMILES string of the molecule is CSc1ncc(C(=O)OCC(=O)Nc2c(C#N)c(C)c(C)n2C2CCCC2)n1-c1ccc(F)cc1. The lowest BCUT2D eigenvalue weighted by Crippen LogP contribution is -2.24. The van der Waals surface area contributed by atoms with E-state index < -0.39 is 24.3 Å². The first-order valence-electron chi connectivity index (χ1n) is 11.3. The number of benzene rings is 1. The van der Waals surface area contributed by atoms with Gasteiger partial charge in [-0.15, -0.1) is 0 Å². The molecule has 3 aromatic rings. The highest BCUT2D eigenvalue weighted by molar-refractivity contribution is 7.98. The van der Waals surface area contributed by atoms with Gasteiger partial charge in [-0.05, 0) is 62.8 Å². The number of hydrogen-bond donors (Lipinski definition) is 1. The number of imidazole rings is 1. The number of aromatic nitrogens is 3. The smallest absolute Gasteiger partial charge is 0.357 e. The van der Waals surface area contributed by atoms with Gasteiger partial charge in [0.05, 0.1) is 11.8 Å². The Labute approximate surface area is 207 Å². The number of hydrogen-bond acceptors (Lipinski definition) is 6. The monoisotopic (exact) mass is 495 g/mol. The summed E-state index contributed by atoms with van der Waals surface area (Å²) >= 11 is 1.32. The molecule has 1 saturated carbocycles. The highest BCUT2D eigenvalue weighted by atomic mass is 32.2. The quantitative estimate of drug-likeness (QED) is 0.368. The zero-order valence-electron chi connectivity index (χ0n) is 19.8. The van der Waals surface area contributed by atoms with Crippen LogP contribution in [0.15, 0.2) is 35.6 Å². The van der Waals surface area contributed by atoms with E-state index in [0.717, 1.165) is 36.9 Å². The van der Waals surface area contributed by atoms with E-state index in [1.807, 2.05) is 18.4 Å². The number of thioether (sulfide) groups is 1. The summed E-state index contributed by atoms with van der Waals surface area (Å²) in [4.78, 5) is 29.9. The molecule has 182 valence electrons. The van der Waals surface area contributed by atoms with Crippen LogP contribution < -0.4 is 5.32 Å². The Morgan fingerprint density at radius 2 is 1.94 bits per heavy atom. The van der Waals surface area contributed by atoms with Gasteiger partial charge in [0.2, 0.25) is 0 Å². The third-order valence-electron chi connectivity index (χ3n) is 6.36. The van der Waals surface area contributed by atoms with E-state index in [1.165, 1.54) is 42.2 Å². The van der Waals surface area contributed by atoms with E-state index in [4.69, 9.17) is 4.74 Å². The van der Waals surface area contributed by atoms with E-state index in [2.05, 4.69) is 16.4 Å². The van der Waals surface area contributed by atoms with Gasteiger partial charge in [-0.25, -0.2) is 14.2 Å². The van der Waals surface area contributed by atoms with Crippen LogP contribution in [0.2, 0.25) is 0 Å². The molecular formula is C25H26FN5O3S. The lowest BCUT2D eigenvalue weighted by molar-refractivity contribution is -0.119. The number of amides is 1. The van der Waals surface area contributed by atoms with Crippen LogP contribution in [0, 0.1) is 31.0 Å². The summed E-state index contributed by atoms with van der Waals surface area (Å²) in [6, 6.07) is 8.07. The molecule has 1 aliphatic carbocycles. The number of ether oxygens (including phenoxy) is 1. The lowest BCUT2D eigenvalue weighted by atomic mass is 10.2. The minimum absolute atomic E-state index is 0.118. The normalized spacial score (nSPS) is 13.6. The Kier molecular flexibility index (Phi) is 7.26. The molecule has 1 amide bonds. The number of esters is 1. The molecule has 2 heterocycles. The van der Waals surface area contributed by atoms with Gasteiger partial charge in [0.1, 0.15) is 17.7 Å². The van der Waals surface area contributed by atoms with Crippen LogP contribution in [-0.4, -0.2) is 38.9 Å². The van der Waals surface area contributed by atoms with Gasteiger partial charge in [0.25, 0.3) is 5.91 Å². The fourth-order valence-electron chi connectivity index (χ4n) is 4.54. The fraction of sp³-hybridized carbons (Fsp3) is 0.360. The third-order valence-corrected chi connectivity index (χ3v) is 7.01. The van der Waals surface area contributed by atoms with Gasteiger partial charge >= 0.3 is 5.97 Å². The van der Waals surface area contributed by atoms with Gasteiger partial charge in [-0.3, -0.25) is 9.36 Å². The number of nitriles is 1. The molecule has 1 fully saturated rings. The minimum atomic E-state index is -0.740. The Balaban J connectivity index is 1.51. The van der Waals surface area contributed by atoms with Crippen molar-refractivity contribution in [3.05, 3.63) is 58.8 Å². The summed E-state index contributed by atoms with van der Waals surface area (Å²) in [5, 5.41) is 13.0. The summed E-state index contributed by atoms with van der Waals surface area (Å²) in [6.45, 7) is 3.29. The van der Waals surface area contributed by atoms with Crippen molar-refractivity contribution >= 4 is 29.5 Å². The van der Waals surface area contributed by atoms with E-state index in [1.54, 1.807) is 10.8 Å². The van der Waals surface area contributed by atoms with Gasteiger partial charge in [-0.2, -0.15) is 5.26 Å². The predicted octanol–water partition coefficient (Wildman–Crippen LogP) is 4.93. The second-order valence-electron chi connectivity index (χ2n) is 8.42. The van der Waals surface area contributed by atoms with Crippen molar-refractivity contribution < 1.29 is 18.7 Å². The molecule has 1 N–H and O–H groups in total. The summed E-state index contributed by atoms with van der Waals surface area (Å²) in [7, 11) is 0. The topological polar surface area (TPSA) is 102 Å². The van der Waals surface area contributed by atoms with Crippen LogP contribution in [0.25, 0.3) is 5.69 Å². The first kappa shape index (κ1) is 24.5. The number of nitrogens with one attached hydrogen (secondary N) is 1. The van der Waals surface area contributed by atoms with Crippen molar-refractivity contribution in [1.29, 1.82) is 5.26 Å². The number of carbonyl (C=O) groups is 2. The Morgan fingerprint density at radius 1 is 1.26 bits per heavy atom. The van der Waals surface area contributed by atoms with Gasteiger partial charge < -0.3 is 14.6 Å². The number of halogens is 1. The molecule has 8 nitrogen and oxygen atoms in total. The number of carbonyl (C=O) groups excluding carboxylic acids is 2. The number of anilines is 1. The molecule has 1 aromatic carbocycles. The molecule has 2 aromatic heterocycles. The van der Waals surface area contributed by atoms with Crippen molar-refractivity contribution in [1.82, 2.24) is 14.1 Å². The highest BCUT2D eigenvalue weighted by Gasteiger charge is 2.27. The van der Waals surface area contributed by atoms with Crippen LogP contribution in [0.5, 0.6) is 0 Å². The summed E-state index contributed by atoms with van der Waals surface area (Å²) < 4.78 is 22.3. The first-order chi connectivity index (χ1) is 16.8. The van der Waals surface area contributed by atoms with E-state index >= 15 is 0 Å². The first-order valence-corrected chi connectivity index (χ1v) is 12.5. The standard InChI is InChI=1S/C25H26FN5O3S/c1-15-16(2)30(18-6-4-5-7-18)23(20(15)12-27)29-22(32)14-34-24(33)21-13-28-25(35-3)31(21)19-10-8-17(26)9-11-19/h8-11,13,18H,4-7,14H2,1-3H3,(H,29,32). The average molecular weight is 496 g/mol. The van der Waals surface area contributed by atoms with E-state index in [9.17, 15) is 19.2 Å². The summed E-state index contributed by atoms with van der Waals surface area (Å²) in [5.74, 6) is -1.22. The van der Waals surface area contributed by atoms with E-state index in [0.29, 0.717) is 22.2 Å². The molecule has 1 aliphatic rings. The Bertz CT molecular complexity index is 1300. The largest absolute Gasteiger partial charge is 0.451 e. The molecule has 0 unspecified atom stereocenters. The average Bonchev–Trinajstić information content (AvgIpc) is 3.57. The van der Waals surface area contributed by atoms with Crippen LogP contribution >= 0.6 is 11.8 Å². The maximum absolute atomic E-state index is 13.4. The molecule has 0 atom stereocenters. The molecule has 0 bridgehead atoms. The molecule has 0 saturated heterocycles. The maximum atomic E-state index is 13.4. The Morgan fingerprint density at radius 3 is 2.57 bits per heavy atom. The molecular weight excluding hydrogens is 469 g/mol. The molecule has 0 radical (unpaired) electrons. The second-order valence-corrected chi connectivity index (χ2v) is 9.19. The van der Waals surface area contributed by atoms with Gasteiger partial charge in [0, 0.05) is 17.4 Å². The summed E-state index contributed by atoms with van der Waals surface area (Å²) in [6.07, 6.45) is 7.36. The fourth-order valence-corrected chi connectivity index (χ4v) is 5.09. The van der Waals surface area contributed by atoms with Crippen molar-refractivity contribution in [3.63, 3.8) is 0 Å². The van der Waals surface area contributed by atoms with Crippen LogP contribution in [0.3, 0.4) is 0 Å². The second kappa shape index (κ2) is 10.4. The van der Waals surface area contributed by atoms with Gasteiger partial charge in [0.15, 0.2) is 17.5 Å². The zero-order valence-corrected chi connectivity index (χ0v) is 20.6. The van der Waals surface area contributed by atoms with Gasteiger partial charge in [-0.1, -0.05) is 24.6 Å². The van der Waals surface area contributed by atoms with Crippen molar-refractivity contribution in [2.75, 3.05) is 18.2 Å². The number of rotatable bonds is 7. The number of nitrogens with zero attached hydrogens (tertiary/aromatic N) is 4. The molecule has 0 aliphatic heterocycles. The van der Waals surface area contributed by atoms with Crippen LogP contribution in [-0.2, 0) is 9.53 Å². The maximum Gasteiger partial charge on any atom is 0.357 e. The zero-order chi connectivity index (χ0) is 25.1. The van der Waals surface area contributed by atoms with E-state index in [-0.39, 0.29) is 11.7 Å². The highest BCUT2D eigenvalue weighted by Crippen LogP contribution is 2.37. The van der Waals surface area contributed by atoms with Crippen molar-refractivity contribution in [3.8, 4) is 11.8 Å². The minimum Gasteiger partial charge on any atom is -0.451 e. The van der Waals surface area contributed by atoms with Crippen molar-refractivity contribution in [2.24, 2.45) is 0 Å².